The molecule has 0 radical (unpaired) electrons. The van der Waals surface area contributed by atoms with Crippen molar-refractivity contribution in [3.05, 3.63) is 27.7 Å². The van der Waals surface area contributed by atoms with Crippen molar-refractivity contribution in [3.63, 3.8) is 0 Å². The average molecular weight is 425 g/mol. The van der Waals surface area contributed by atoms with Gasteiger partial charge in [0.2, 0.25) is 0 Å². The highest BCUT2D eigenvalue weighted by Crippen LogP contribution is 2.45. The van der Waals surface area contributed by atoms with Crippen molar-refractivity contribution in [1.82, 2.24) is 10.2 Å². The number of phenols is 1. The molecule has 1 fully saturated rings. The highest BCUT2D eigenvalue weighted by molar-refractivity contribution is 9.10. The molecule has 2 rings (SSSR count). The summed E-state index contributed by atoms with van der Waals surface area (Å²) in [7, 11) is 0. The van der Waals surface area contributed by atoms with Gasteiger partial charge in [-0.15, -0.1) is 24.8 Å². The number of benzene rings is 1. The maximum Gasteiger partial charge on any atom is 0.139 e. The molecule has 1 heterocycles. The summed E-state index contributed by atoms with van der Waals surface area (Å²) in [5.74, 6) is 0.102. The fourth-order valence-electron chi connectivity index (χ4n) is 3.04. The van der Waals surface area contributed by atoms with E-state index in [-0.39, 0.29) is 42.0 Å². The van der Waals surface area contributed by atoms with Crippen LogP contribution in [-0.2, 0) is 0 Å². The van der Waals surface area contributed by atoms with Gasteiger partial charge in [0.25, 0.3) is 0 Å². The van der Waals surface area contributed by atoms with E-state index in [9.17, 15) is 10.4 Å². The minimum absolute atomic E-state index is 0. The van der Waals surface area contributed by atoms with Crippen molar-refractivity contribution >= 4 is 40.7 Å². The predicted octanol–water partition coefficient (Wildman–Crippen LogP) is 3.86. The molecule has 1 aliphatic rings. The SMILES string of the molecule is CC(C)(C)[C@@H](c1c(Br)ccc(C#N)c1O)N1CCNCC1.Cl.Cl. The molecule has 0 spiro atoms. The average Bonchev–Trinajstić information content (AvgIpc) is 2.43. The van der Waals surface area contributed by atoms with E-state index < -0.39 is 0 Å². The van der Waals surface area contributed by atoms with Crippen LogP contribution in [0.5, 0.6) is 5.75 Å². The number of halogens is 3. The van der Waals surface area contributed by atoms with Gasteiger partial charge < -0.3 is 10.4 Å². The van der Waals surface area contributed by atoms with Crippen LogP contribution < -0.4 is 5.32 Å². The van der Waals surface area contributed by atoms with Gasteiger partial charge in [-0.3, -0.25) is 4.90 Å². The highest BCUT2D eigenvalue weighted by atomic mass is 79.9. The van der Waals surface area contributed by atoms with Crippen LogP contribution in [-0.4, -0.2) is 36.2 Å². The van der Waals surface area contributed by atoms with E-state index in [1.165, 1.54) is 0 Å². The van der Waals surface area contributed by atoms with Crippen LogP contribution in [0.3, 0.4) is 0 Å². The Hall–Kier alpha value is -0.510. The lowest BCUT2D eigenvalue weighted by Gasteiger charge is -2.43. The third kappa shape index (κ3) is 4.98. The molecule has 4 nitrogen and oxygen atoms in total. The number of aromatic hydroxyl groups is 1. The minimum Gasteiger partial charge on any atom is -0.506 e. The van der Waals surface area contributed by atoms with Gasteiger partial charge in [-0.2, -0.15) is 5.26 Å². The first-order valence-corrected chi connectivity index (χ1v) is 8.01. The highest BCUT2D eigenvalue weighted by Gasteiger charge is 2.36. The Kier molecular flexibility index (Phi) is 8.90. The molecular weight excluding hydrogens is 401 g/mol. The maximum atomic E-state index is 10.5. The van der Waals surface area contributed by atoms with Crippen LogP contribution in [0.4, 0.5) is 0 Å². The number of nitriles is 1. The van der Waals surface area contributed by atoms with Crippen LogP contribution in [0, 0.1) is 16.7 Å². The summed E-state index contributed by atoms with van der Waals surface area (Å²) in [5.41, 5.74) is 1.10. The van der Waals surface area contributed by atoms with E-state index in [0.29, 0.717) is 5.56 Å². The lowest BCUT2D eigenvalue weighted by molar-refractivity contribution is 0.0837. The van der Waals surface area contributed by atoms with Crippen molar-refractivity contribution in [2.45, 2.75) is 26.8 Å². The Bertz CT molecular complexity index is 564. The lowest BCUT2D eigenvalue weighted by Crippen LogP contribution is -2.48. The quantitative estimate of drug-likeness (QED) is 0.756. The Balaban J connectivity index is 0.00000242. The van der Waals surface area contributed by atoms with Crippen molar-refractivity contribution in [2.75, 3.05) is 26.2 Å². The molecule has 130 valence electrons. The van der Waals surface area contributed by atoms with Crippen molar-refractivity contribution in [3.8, 4) is 11.8 Å². The fourth-order valence-corrected chi connectivity index (χ4v) is 3.57. The molecule has 0 aromatic heterocycles. The van der Waals surface area contributed by atoms with Crippen molar-refractivity contribution in [1.29, 1.82) is 5.26 Å². The first-order valence-electron chi connectivity index (χ1n) is 7.22. The number of hydrogen-bond acceptors (Lipinski definition) is 4. The molecule has 2 N–H and O–H groups in total. The van der Waals surface area contributed by atoms with Gasteiger partial charge in [-0.25, -0.2) is 0 Å². The minimum atomic E-state index is -0.0502. The van der Waals surface area contributed by atoms with Crippen molar-refractivity contribution in [2.24, 2.45) is 5.41 Å². The second-order valence-electron chi connectivity index (χ2n) is 6.52. The fraction of sp³-hybridized carbons (Fsp3) is 0.562. The summed E-state index contributed by atoms with van der Waals surface area (Å²) in [6, 6.07) is 5.64. The zero-order valence-electron chi connectivity index (χ0n) is 13.6. The van der Waals surface area contributed by atoms with Gasteiger partial charge >= 0.3 is 0 Å². The topological polar surface area (TPSA) is 59.3 Å². The number of piperazine rings is 1. The molecule has 0 amide bonds. The summed E-state index contributed by atoms with van der Waals surface area (Å²) in [4.78, 5) is 2.39. The number of nitrogens with zero attached hydrogens (tertiary/aromatic N) is 2. The Morgan fingerprint density at radius 3 is 2.30 bits per heavy atom. The normalized spacial score (nSPS) is 16.7. The second-order valence-corrected chi connectivity index (χ2v) is 7.38. The van der Waals surface area contributed by atoms with E-state index >= 15 is 0 Å². The summed E-state index contributed by atoms with van der Waals surface area (Å²) in [6.07, 6.45) is 0. The van der Waals surface area contributed by atoms with E-state index in [1.54, 1.807) is 6.07 Å². The maximum absolute atomic E-state index is 10.5. The van der Waals surface area contributed by atoms with Crippen molar-refractivity contribution < 1.29 is 5.11 Å². The molecule has 1 aliphatic heterocycles. The summed E-state index contributed by atoms with van der Waals surface area (Å²) in [6.45, 7) is 10.3. The van der Waals surface area contributed by atoms with Gasteiger partial charge in [0.05, 0.1) is 5.56 Å². The Morgan fingerprint density at radius 1 is 1.26 bits per heavy atom. The number of hydrogen-bond donors (Lipinski definition) is 2. The lowest BCUT2D eigenvalue weighted by atomic mass is 9.80. The summed E-state index contributed by atoms with van der Waals surface area (Å²) >= 11 is 3.56. The van der Waals surface area contributed by atoms with Crippen LogP contribution in [0.15, 0.2) is 16.6 Å². The smallest absolute Gasteiger partial charge is 0.139 e. The molecule has 23 heavy (non-hydrogen) atoms. The standard InChI is InChI=1S/C16H22BrN3O.2ClH/c1-16(2,3)15(20-8-6-19-7-9-20)13-12(17)5-4-11(10-18)14(13)21;;/h4-5,15,19,21H,6-9H2,1-3H3;2*1H/t15-;;/m1../s1. The second kappa shape index (κ2) is 9.10. The molecule has 0 bridgehead atoms. The molecule has 1 atom stereocenters. The molecule has 0 saturated carbocycles. The molecular formula is C16H24BrCl2N3O. The monoisotopic (exact) mass is 423 g/mol. The Morgan fingerprint density at radius 2 is 1.83 bits per heavy atom. The molecule has 1 aromatic carbocycles. The van der Waals surface area contributed by atoms with Crippen LogP contribution >= 0.6 is 40.7 Å². The zero-order valence-corrected chi connectivity index (χ0v) is 16.8. The van der Waals surface area contributed by atoms with Gasteiger partial charge in [-0.1, -0.05) is 36.7 Å². The van der Waals surface area contributed by atoms with E-state index in [0.717, 1.165) is 36.2 Å². The third-order valence-electron chi connectivity index (χ3n) is 3.89. The molecule has 0 aliphatic carbocycles. The van der Waals surface area contributed by atoms with Crippen LogP contribution in [0.1, 0.15) is 37.9 Å². The first kappa shape index (κ1) is 22.5. The van der Waals surface area contributed by atoms with Gasteiger partial charge in [0.15, 0.2) is 0 Å². The van der Waals surface area contributed by atoms with E-state index in [1.807, 2.05) is 6.07 Å². The Labute approximate surface area is 159 Å². The van der Waals surface area contributed by atoms with E-state index in [4.69, 9.17) is 0 Å². The molecule has 7 heteroatoms. The third-order valence-corrected chi connectivity index (χ3v) is 4.59. The largest absolute Gasteiger partial charge is 0.506 e. The first-order chi connectivity index (χ1) is 9.86. The predicted molar refractivity (Wildman–Crippen MR) is 102 cm³/mol. The number of rotatable bonds is 2. The zero-order chi connectivity index (χ0) is 15.6. The molecule has 1 saturated heterocycles. The molecule has 1 aromatic rings. The van der Waals surface area contributed by atoms with Gasteiger partial charge in [0, 0.05) is 42.3 Å². The van der Waals surface area contributed by atoms with E-state index in [2.05, 4.69) is 53.0 Å². The number of nitrogens with one attached hydrogen (secondary N) is 1. The summed E-state index contributed by atoms with van der Waals surface area (Å²) < 4.78 is 0.859. The molecule has 0 unspecified atom stereocenters. The van der Waals surface area contributed by atoms with Gasteiger partial charge in [0.1, 0.15) is 11.8 Å². The van der Waals surface area contributed by atoms with Crippen LogP contribution in [0.2, 0.25) is 0 Å². The van der Waals surface area contributed by atoms with Crippen LogP contribution in [0.25, 0.3) is 0 Å². The summed E-state index contributed by atoms with van der Waals surface area (Å²) in [5, 5.41) is 23.1. The van der Waals surface area contributed by atoms with Gasteiger partial charge in [-0.05, 0) is 17.5 Å². The number of phenolic OH excluding ortho intramolecular Hbond substituents is 1.